The number of fused-ring (bicyclic) bond motifs is 5. The van der Waals surface area contributed by atoms with Gasteiger partial charge in [0.05, 0.1) is 6.10 Å². The molecule has 4 saturated carbocycles. The fourth-order valence-corrected chi connectivity index (χ4v) is 9.16. The van der Waals surface area contributed by atoms with Crippen molar-refractivity contribution in [1.82, 2.24) is 5.32 Å². The summed E-state index contributed by atoms with van der Waals surface area (Å²) in [5, 5.41) is 14.0. The number of amides is 1. The molecule has 4 fully saturated rings. The molecule has 206 valence electrons. The lowest BCUT2D eigenvalue weighted by molar-refractivity contribution is -0.156. The number of aliphatic hydroxyl groups is 1. The maximum absolute atomic E-state index is 12.4. The number of aliphatic hydroxyl groups excluding tert-OH is 1. The molecule has 0 aromatic heterocycles. The van der Waals surface area contributed by atoms with Gasteiger partial charge in [0, 0.05) is 25.8 Å². The van der Waals surface area contributed by atoms with Crippen LogP contribution in [0, 0.1) is 45.8 Å². The van der Waals surface area contributed by atoms with E-state index < -0.39 is 0 Å². The first-order chi connectivity index (χ1) is 16.9. The molecule has 0 aromatic carbocycles. The SMILES string of the molecule is CC(C)(C)CNC(=O)CCCCCCCC1CC2CC(=O)CC[C@]2(C)[C@@H]2CC[C@]3(C)C(O)CC[C@H]3[C@H]12. The Kier molecular flexibility index (Phi) is 8.64. The molecular formula is C32H55NO3. The van der Waals surface area contributed by atoms with Crippen LogP contribution >= 0.6 is 0 Å². The zero-order valence-corrected chi connectivity index (χ0v) is 24.0. The molecule has 0 radical (unpaired) electrons. The van der Waals surface area contributed by atoms with Crippen molar-refractivity contribution < 1.29 is 14.7 Å². The van der Waals surface area contributed by atoms with E-state index in [1.54, 1.807) is 0 Å². The summed E-state index contributed by atoms with van der Waals surface area (Å²) in [6, 6.07) is 0. The first-order valence-corrected chi connectivity index (χ1v) is 15.4. The van der Waals surface area contributed by atoms with Crippen LogP contribution in [0.5, 0.6) is 0 Å². The molecule has 0 aromatic rings. The molecule has 4 rings (SSSR count). The van der Waals surface area contributed by atoms with E-state index in [0.717, 1.165) is 62.8 Å². The van der Waals surface area contributed by atoms with Gasteiger partial charge in [-0.25, -0.2) is 0 Å². The predicted molar refractivity (Wildman–Crippen MR) is 146 cm³/mol. The number of hydrogen-bond acceptors (Lipinski definition) is 3. The zero-order chi connectivity index (χ0) is 26.1. The van der Waals surface area contributed by atoms with E-state index in [1.807, 2.05) is 0 Å². The van der Waals surface area contributed by atoms with Crippen molar-refractivity contribution in [2.45, 2.75) is 137 Å². The molecule has 36 heavy (non-hydrogen) atoms. The van der Waals surface area contributed by atoms with Crippen molar-refractivity contribution >= 4 is 11.7 Å². The molecule has 0 saturated heterocycles. The Hall–Kier alpha value is -0.900. The maximum Gasteiger partial charge on any atom is 0.220 e. The van der Waals surface area contributed by atoms with E-state index >= 15 is 0 Å². The van der Waals surface area contributed by atoms with Crippen molar-refractivity contribution in [3.63, 3.8) is 0 Å². The van der Waals surface area contributed by atoms with E-state index in [1.165, 1.54) is 51.4 Å². The second kappa shape index (κ2) is 11.1. The van der Waals surface area contributed by atoms with Crippen molar-refractivity contribution in [3.05, 3.63) is 0 Å². The van der Waals surface area contributed by atoms with Gasteiger partial charge in [0.2, 0.25) is 5.91 Å². The minimum atomic E-state index is -0.122. The van der Waals surface area contributed by atoms with Crippen LogP contribution in [0.15, 0.2) is 0 Å². The largest absolute Gasteiger partial charge is 0.393 e. The van der Waals surface area contributed by atoms with Gasteiger partial charge < -0.3 is 10.4 Å². The number of Topliss-reactive ketones (excluding diaryl/α,β-unsaturated/α-hetero) is 1. The lowest BCUT2D eigenvalue weighted by Crippen LogP contribution is -2.57. The van der Waals surface area contributed by atoms with Gasteiger partial charge in [0.1, 0.15) is 5.78 Å². The Morgan fingerprint density at radius 1 is 0.972 bits per heavy atom. The Morgan fingerprint density at radius 3 is 2.42 bits per heavy atom. The Bertz CT molecular complexity index is 787. The predicted octanol–water partition coefficient (Wildman–Crippen LogP) is 7.08. The first-order valence-electron chi connectivity index (χ1n) is 15.4. The van der Waals surface area contributed by atoms with Gasteiger partial charge in [-0.05, 0) is 90.8 Å². The molecule has 4 aliphatic carbocycles. The number of hydrogen-bond donors (Lipinski definition) is 2. The van der Waals surface area contributed by atoms with Gasteiger partial charge in [0.25, 0.3) is 0 Å². The average Bonchev–Trinajstić information content (AvgIpc) is 3.11. The second-order valence-corrected chi connectivity index (χ2v) is 15.0. The van der Waals surface area contributed by atoms with Gasteiger partial charge in [-0.3, -0.25) is 9.59 Å². The van der Waals surface area contributed by atoms with E-state index in [4.69, 9.17) is 0 Å². The summed E-state index contributed by atoms with van der Waals surface area (Å²) in [5.41, 5.74) is 0.584. The summed E-state index contributed by atoms with van der Waals surface area (Å²) in [5.74, 6) is 4.13. The molecule has 1 amide bonds. The Morgan fingerprint density at radius 2 is 1.67 bits per heavy atom. The summed E-state index contributed by atoms with van der Waals surface area (Å²) in [4.78, 5) is 24.5. The molecule has 0 heterocycles. The Balaban J connectivity index is 1.29. The fraction of sp³-hybridized carbons (Fsp3) is 0.938. The molecule has 2 N–H and O–H groups in total. The fourth-order valence-electron chi connectivity index (χ4n) is 9.16. The molecular weight excluding hydrogens is 446 g/mol. The number of nitrogens with one attached hydrogen (secondary N) is 1. The molecule has 0 bridgehead atoms. The summed E-state index contributed by atoms with van der Waals surface area (Å²) in [6.45, 7) is 12.1. The third-order valence-electron chi connectivity index (χ3n) is 11.4. The van der Waals surface area contributed by atoms with Gasteiger partial charge in [0.15, 0.2) is 0 Å². The van der Waals surface area contributed by atoms with Crippen LogP contribution in [0.1, 0.15) is 131 Å². The minimum absolute atomic E-state index is 0.112. The number of rotatable bonds is 9. The highest BCUT2D eigenvalue weighted by Gasteiger charge is 2.62. The summed E-state index contributed by atoms with van der Waals surface area (Å²) >= 11 is 0. The van der Waals surface area contributed by atoms with Crippen LogP contribution in [0.3, 0.4) is 0 Å². The van der Waals surface area contributed by atoms with Gasteiger partial charge in [-0.15, -0.1) is 0 Å². The standard InChI is InChI=1S/C32H55NO3/c1-30(2,3)21-33-28(36)12-10-8-6-7-9-11-22-19-23-20-24(34)15-17-31(23,4)26-16-18-32(5)25(29(22)26)13-14-27(32)35/h22-23,25-27,29,35H,6-21H2,1-5H3,(H,33,36)/t22?,23?,25-,26+,27?,29-,31-,32-/m0/s1. The number of carbonyl (C=O) groups excluding carboxylic acids is 2. The summed E-state index contributed by atoms with van der Waals surface area (Å²) in [7, 11) is 0. The summed E-state index contributed by atoms with van der Waals surface area (Å²) < 4.78 is 0. The van der Waals surface area contributed by atoms with E-state index in [2.05, 4.69) is 39.9 Å². The smallest absolute Gasteiger partial charge is 0.220 e. The number of carbonyl (C=O) groups is 2. The molecule has 4 heteroatoms. The first kappa shape index (κ1) is 28.1. The molecule has 0 aliphatic heterocycles. The highest BCUT2D eigenvalue weighted by atomic mass is 16.3. The molecule has 0 spiro atoms. The van der Waals surface area contributed by atoms with Gasteiger partial charge >= 0.3 is 0 Å². The van der Waals surface area contributed by atoms with Crippen molar-refractivity contribution in [2.24, 2.45) is 45.8 Å². The Labute approximate surface area is 221 Å². The van der Waals surface area contributed by atoms with Crippen LogP contribution in [0.2, 0.25) is 0 Å². The summed E-state index contributed by atoms with van der Waals surface area (Å²) in [6.07, 6.45) is 16.2. The van der Waals surface area contributed by atoms with Crippen LogP contribution in [-0.4, -0.2) is 29.4 Å². The maximum atomic E-state index is 12.4. The second-order valence-electron chi connectivity index (χ2n) is 15.0. The highest BCUT2D eigenvalue weighted by Crippen LogP contribution is 2.67. The zero-order valence-electron chi connectivity index (χ0n) is 24.0. The highest BCUT2D eigenvalue weighted by molar-refractivity contribution is 5.79. The topological polar surface area (TPSA) is 66.4 Å². The van der Waals surface area contributed by atoms with Crippen LogP contribution in [0.4, 0.5) is 0 Å². The third kappa shape index (κ3) is 5.89. The normalized spacial score (nSPS) is 40.3. The van der Waals surface area contributed by atoms with Crippen LogP contribution in [0.25, 0.3) is 0 Å². The number of unbranched alkanes of at least 4 members (excludes halogenated alkanes) is 4. The van der Waals surface area contributed by atoms with E-state index in [9.17, 15) is 14.7 Å². The lowest BCUT2D eigenvalue weighted by Gasteiger charge is -2.62. The molecule has 4 aliphatic rings. The van der Waals surface area contributed by atoms with E-state index in [0.29, 0.717) is 29.5 Å². The van der Waals surface area contributed by atoms with Crippen LogP contribution in [-0.2, 0) is 9.59 Å². The monoisotopic (exact) mass is 501 g/mol. The average molecular weight is 502 g/mol. The van der Waals surface area contributed by atoms with Crippen molar-refractivity contribution in [2.75, 3.05) is 6.54 Å². The molecule has 4 nitrogen and oxygen atoms in total. The van der Waals surface area contributed by atoms with Crippen LogP contribution < -0.4 is 5.32 Å². The van der Waals surface area contributed by atoms with E-state index in [-0.39, 0.29) is 22.8 Å². The van der Waals surface area contributed by atoms with Gasteiger partial charge in [-0.2, -0.15) is 0 Å². The van der Waals surface area contributed by atoms with Gasteiger partial charge in [-0.1, -0.05) is 66.7 Å². The molecule has 8 atom stereocenters. The lowest BCUT2D eigenvalue weighted by atomic mass is 9.42. The third-order valence-corrected chi connectivity index (χ3v) is 11.4. The minimum Gasteiger partial charge on any atom is -0.393 e. The number of ketones is 1. The molecule has 3 unspecified atom stereocenters. The quantitative estimate of drug-likeness (QED) is 0.332. The van der Waals surface area contributed by atoms with Crippen molar-refractivity contribution in [1.29, 1.82) is 0 Å². The van der Waals surface area contributed by atoms with Crippen molar-refractivity contribution in [3.8, 4) is 0 Å².